The second-order valence-corrected chi connectivity index (χ2v) is 6.86. The first kappa shape index (κ1) is 16.9. The number of hydrogen-bond donors (Lipinski definition) is 2. The largest absolute Gasteiger partial charge is 0.508 e. The van der Waals surface area contributed by atoms with Gasteiger partial charge in [-0.15, -0.1) is 11.8 Å². The molecule has 0 saturated carbocycles. The number of carbonyl (C=O) groups is 1. The van der Waals surface area contributed by atoms with Crippen LogP contribution in [0.1, 0.15) is 28.8 Å². The van der Waals surface area contributed by atoms with Crippen LogP contribution in [0.25, 0.3) is 0 Å². The van der Waals surface area contributed by atoms with Gasteiger partial charge in [0.15, 0.2) is 0 Å². The molecule has 0 aromatic heterocycles. The van der Waals surface area contributed by atoms with E-state index >= 15 is 0 Å². The van der Waals surface area contributed by atoms with E-state index in [1.54, 1.807) is 30.0 Å². The maximum atomic E-state index is 12.5. The SMILES string of the molecule is O=C(NCc1cccc(O)c1)c1ccccc1SC[C@H]1CCCO1. The van der Waals surface area contributed by atoms with E-state index in [2.05, 4.69) is 5.32 Å². The predicted molar refractivity (Wildman–Crippen MR) is 95.4 cm³/mol. The van der Waals surface area contributed by atoms with Crippen molar-refractivity contribution in [3.05, 3.63) is 59.7 Å². The van der Waals surface area contributed by atoms with Crippen molar-refractivity contribution >= 4 is 17.7 Å². The standard InChI is InChI=1S/C19H21NO3S/c21-15-6-3-5-14(11-15)12-20-19(22)17-8-1-2-9-18(17)24-13-16-7-4-10-23-16/h1-3,5-6,8-9,11,16,21H,4,7,10,12-13H2,(H,20,22)/t16-/m1/s1. The van der Waals surface area contributed by atoms with Crippen LogP contribution >= 0.6 is 11.8 Å². The average Bonchev–Trinajstić information content (AvgIpc) is 3.12. The van der Waals surface area contributed by atoms with Crippen molar-refractivity contribution in [3.8, 4) is 5.75 Å². The molecule has 1 aliphatic heterocycles. The van der Waals surface area contributed by atoms with Gasteiger partial charge in [0.05, 0.1) is 11.7 Å². The molecule has 1 saturated heterocycles. The van der Waals surface area contributed by atoms with E-state index in [0.29, 0.717) is 18.2 Å². The molecule has 1 fully saturated rings. The molecule has 2 aromatic carbocycles. The van der Waals surface area contributed by atoms with E-state index < -0.39 is 0 Å². The first-order chi connectivity index (χ1) is 11.7. The third-order valence-corrected chi connectivity index (χ3v) is 5.15. The fraction of sp³-hybridized carbons (Fsp3) is 0.316. The van der Waals surface area contributed by atoms with Crippen LogP contribution in [-0.4, -0.2) is 29.5 Å². The van der Waals surface area contributed by atoms with Crippen molar-refractivity contribution in [2.24, 2.45) is 0 Å². The molecule has 0 aliphatic carbocycles. The summed E-state index contributed by atoms with van der Waals surface area (Å²) in [5.74, 6) is 0.972. The number of aromatic hydroxyl groups is 1. The van der Waals surface area contributed by atoms with Crippen molar-refractivity contribution in [2.45, 2.75) is 30.4 Å². The molecule has 126 valence electrons. The lowest BCUT2D eigenvalue weighted by molar-refractivity contribution is 0.0947. The summed E-state index contributed by atoms with van der Waals surface area (Å²) < 4.78 is 5.65. The average molecular weight is 343 g/mol. The van der Waals surface area contributed by atoms with Crippen LogP contribution in [0.5, 0.6) is 5.75 Å². The summed E-state index contributed by atoms with van der Waals surface area (Å²) in [5, 5.41) is 12.4. The lowest BCUT2D eigenvalue weighted by atomic mass is 10.2. The van der Waals surface area contributed by atoms with E-state index in [4.69, 9.17) is 4.74 Å². The molecule has 3 rings (SSSR count). The van der Waals surface area contributed by atoms with E-state index in [9.17, 15) is 9.90 Å². The topological polar surface area (TPSA) is 58.6 Å². The number of amides is 1. The maximum Gasteiger partial charge on any atom is 0.252 e. The molecule has 5 heteroatoms. The Bertz CT molecular complexity index is 699. The number of hydrogen-bond acceptors (Lipinski definition) is 4. The van der Waals surface area contributed by atoms with Gasteiger partial charge in [0.2, 0.25) is 0 Å². The van der Waals surface area contributed by atoms with Gasteiger partial charge in [0, 0.05) is 23.8 Å². The number of thioether (sulfide) groups is 1. The van der Waals surface area contributed by atoms with E-state index in [1.165, 1.54) is 0 Å². The highest BCUT2D eigenvalue weighted by Gasteiger charge is 2.17. The van der Waals surface area contributed by atoms with E-state index in [1.807, 2.05) is 30.3 Å². The lowest BCUT2D eigenvalue weighted by Crippen LogP contribution is -2.23. The molecule has 1 atom stereocenters. The first-order valence-electron chi connectivity index (χ1n) is 8.12. The van der Waals surface area contributed by atoms with Gasteiger partial charge in [-0.25, -0.2) is 0 Å². The predicted octanol–water partition coefficient (Wildman–Crippen LogP) is 3.59. The molecule has 2 aromatic rings. The molecule has 24 heavy (non-hydrogen) atoms. The van der Waals surface area contributed by atoms with Gasteiger partial charge in [-0.3, -0.25) is 4.79 Å². The van der Waals surface area contributed by atoms with Crippen LogP contribution in [0.4, 0.5) is 0 Å². The van der Waals surface area contributed by atoms with Crippen LogP contribution < -0.4 is 5.32 Å². The quantitative estimate of drug-likeness (QED) is 0.787. The highest BCUT2D eigenvalue weighted by molar-refractivity contribution is 7.99. The van der Waals surface area contributed by atoms with Crippen LogP contribution in [0.15, 0.2) is 53.4 Å². The summed E-state index contributed by atoms with van der Waals surface area (Å²) in [6, 6.07) is 14.5. The molecular weight excluding hydrogens is 322 g/mol. The molecule has 1 amide bonds. The highest BCUT2D eigenvalue weighted by Crippen LogP contribution is 2.26. The van der Waals surface area contributed by atoms with Gasteiger partial charge >= 0.3 is 0 Å². The number of benzene rings is 2. The van der Waals surface area contributed by atoms with Crippen LogP contribution in [0.2, 0.25) is 0 Å². The summed E-state index contributed by atoms with van der Waals surface area (Å²) in [5.41, 5.74) is 1.55. The number of nitrogens with one attached hydrogen (secondary N) is 1. The van der Waals surface area contributed by atoms with Gasteiger partial charge in [-0.1, -0.05) is 24.3 Å². The number of carbonyl (C=O) groups excluding carboxylic acids is 1. The van der Waals surface area contributed by atoms with Gasteiger partial charge in [0.1, 0.15) is 5.75 Å². The van der Waals surface area contributed by atoms with Gasteiger partial charge < -0.3 is 15.2 Å². The molecule has 0 unspecified atom stereocenters. The zero-order valence-electron chi connectivity index (χ0n) is 13.4. The third-order valence-electron chi connectivity index (χ3n) is 3.94. The zero-order chi connectivity index (χ0) is 16.8. The monoisotopic (exact) mass is 343 g/mol. The maximum absolute atomic E-state index is 12.5. The Balaban J connectivity index is 1.61. The number of rotatable bonds is 6. The third kappa shape index (κ3) is 4.52. The van der Waals surface area contributed by atoms with Crippen molar-refractivity contribution in [2.75, 3.05) is 12.4 Å². The van der Waals surface area contributed by atoms with Crippen molar-refractivity contribution in [3.63, 3.8) is 0 Å². The van der Waals surface area contributed by atoms with Crippen molar-refractivity contribution in [1.29, 1.82) is 0 Å². The Hall–Kier alpha value is -1.98. The Labute approximate surface area is 146 Å². The summed E-state index contributed by atoms with van der Waals surface area (Å²) >= 11 is 1.67. The summed E-state index contributed by atoms with van der Waals surface area (Å²) in [6.07, 6.45) is 2.51. The van der Waals surface area contributed by atoms with E-state index in [0.717, 1.165) is 35.7 Å². The van der Waals surface area contributed by atoms with Crippen LogP contribution in [-0.2, 0) is 11.3 Å². The summed E-state index contributed by atoms with van der Waals surface area (Å²) in [7, 11) is 0. The Morgan fingerprint density at radius 2 is 2.12 bits per heavy atom. The van der Waals surface area contributed by atoms with Gasteiger partial charge in [-0.05, 0) is 42.7 Å². The minimum atomic E-state index is -0.103. The molecular formula is C19H21NO3S. The second kappa shape index (κ2) is 8.22. The lowest BCUT2D eigenvalue weighted by Gasteiger charge is -2.12. The fourth-order valence-corrected chi connectivity index (χ4v) is 3.80. The highest BCUT2D eigenvalue weighted by atomic mass is 32.2. The Morgan fingerprint density at radius 1 is 1.25 bits per heavy atom. The molecule has 4 nitrogen and oxygen atoms in total. The number of phenolic OH excluding ortho intramolecular Hbond substituents is 1. The van der Waals surface area contributed by atoms with Crippen molar-refractivity contribution < 1.29 is 14.6 Å². The molecule has 1 heterocycles. The number of phenols is 1. The van der Waals surface area contributed by atoms with E-state index in [-0.39, 0.29) is 11.7 Å². The fourth-order valence-electron chi connectivity index (χ4n) is 2.68. The van der Waals surface area contributed by atoms with Crippen LogP contribution in [0, 0.1) is 0 Å². The molecule has 0 radical (unpaired) electrons. The zero-order valence-corrected chi connectivity index (χ0v) is 14.2. The van der Waals surface area contributed by atoms with Crippen LogP contribution in [0.3, 0.4) is 0 Å². The minimum absolute atomic E-state index is 0.103. The Kier molecular flexibility index (Phi) is 5.77. The second-order valence-electron chi connectivity index (χ2n) is 5.79. The minimum Gasteiger partial charge on any atom is -0.508 e. The van der Waals surface area contributed by atoms with Crippen molar-refractivity contribution in [1.82, 2.24) is 5.32 Å². The molecule has 0 bridgehead atoms. The normalized spacial score (nSPS) is 16.9. The first-order valence-corrected chi connectivity index (χ1v) is 9.10. The van der Waals surface area contributed by atoms with Gasteiger partial charge in [-0.2, -0.15) is 0 Å². The smallest absolute Gasteiger partial charge is 0.252 e. The molecule has 1 aliphatic rings. The molecule has 2 N–H and O–H groups in total. The number of ether oxygens (including phenoxy) is 1. The Morgan fingerprint density at radius 3 is 2.92 bits per heavy atom. The summed E-state index contributed by atoms with van der Waals surface area (Å²) in [4.78, 5) is 13.5. The molecule has 0 spiro atoms. The summed E-state index contributed by atoms with van der Waals surface area (Å²) in [6.45, 7) is 1.23. The van der Waals surface area contributed by atoms with Gasteiger partial charge in [0.25, 0.3) is 5.91 Å².